The van der Waals surface area contributed by atoms with E-state index in [2.05, 4.69) is 10.6 Å². The number of rotatable bonds is 8. The zero-order chi connectivity index (χ0) is 15.6. The summed E-state index contributed by atoms with van der Waals surface area (Å²) >= 11 is 0. The van der Waals surface area contributed by atoms with Crippen LogP contribution in [-0.2, 0) is 6.61 Å². The van der Waals surface area contributed by atoms with Crippen LogP contribution in [0.1, 0.15) is 22.8 Å². The first kappa shape index (κ1) is 16.0. The van der Waals surface area contributed by atoms with E-state index < -0.39 is 0 Å². The van der Waals surface area contributed by atoms with Gasteiger partial charge in [-0.2, -0.15) is 0 Å². The smallest absolute Gasteiger partial charge is 0.251 e. The van der Waals surface area contributed by atoms with Crippen molar-refractivity contribution in [2.45, 2.75) is 13.5 Å². The van der Waals surface area contributed by atoms with Crippen LogP contribution in [0.3, 0.4) is 0 Å². The highest BCUT2D eigenvalue weighted by Gasteiger charge is 2.06. The Bertz CT molecular complexity index is 585. The van der Waals surface area contributed by atoms with E-state index in [-0.39, 0.29) is 5.91 Å². The maximum atomic E-state index is 12.0. The summed E-state index contributed by atoms with van der Waals surface area (Å²) in [5.74, 6) is 0.617. The second kappa shape index (κ2) is 8.85. The SMILES string of the molecule is CCNCCNC(=O)c1cccc(OCc2ccccc2)c1. The molecule has 0 aliphatic rings. The van der Waals surface area contributed by atoms with Gasteiger partial charge in [0.05, 0.1) is 0 Å². The third kappa shape index (κ3) is 5.22. The van der Waals surface area contributed by atoms with Crippen molar-refractivity contribution >= 4 is 5.91 Å². The molecular weight excluding hydrogens is 276 g/mol. The van der Waals surface area contributed by atoms with Gasteiger partial charge in [-0.15, -0.1) is 0 Å². The summed E-state index contributed by atoms with van der Waals surface area (Å²) in [6, 6.07) is 17.2. The second-order valence-electron chi connectivity index (χ2n) is 4.91. The molecule has 0 radical (unpaired) electrons. The lowest BCUT2D eigenvalue weighted by molar-refractivity contribution is 0.0953. The summed E-state index contributed by atoms with van der Waals surface area (Å²) in [4.78, 5) is 12.0. The molecule has 0 heterocycles. The predicted octanol–water partition coefficient (Wildman–Crippen LogP) is 2.60. The molecule has 4 nitrogen and oxygen atoms in total. The minimum absolute atomic E-state index is 0.0805. The number of amides is 1. The number of carbonyl (C=O) groups is 1. The third-order valence-corrected chi connectivity index (χ3v) is 3.18. The van der Waals surface area contributed by atoms with Crippen LogP contribution in [0.25, 0.3) is 0 Å². The van der Waals surface area contributed by atoms with E-state index in [0.717, 1.165) is 18.7 Å². The summed E-state index contributed by atoms with van der Waals surface area (Å²) in [5.41, 5.74) is 1.71. The van der Waals surface area contributed by atoms with Crippen LogP contribution in [0.2, 0.25) is 0 Å². The molecule has 0 atom stereocenters. The predicted molar refractivity (Wildman–Crippen MR) is 88.1 cm³/mol. The number of nitrogens with one attached hydrogen (secondary N) is 2. The Morgan fingerprint density at radius 3 is 2.64 bits per heavy atom. The summed E-state index contributed by atoms with van der Waals surface area (Å²) in [7, 11) is 0. The Labute approximate surface area is 131 Å². The van der Waals surface area contributed by atoms with Crippen molar-refractivity contribution < 1.29 is 9.53 Å². The van der Waals surface area contributed by atoms with Crippen LogP contribution >= 0.6 is 0 Å². The van der Waals surface area contributed by atoms with Crippen molar-refractivity contribution in [3.8, 4) is 5.75 Å². The summed E-state index contributed by atoms with van der Waals surface area (Å²) in [5, 5.41) is 6.04. The van der Waals surface area contributed by atoms with Crippen molar-refractivity contribution in [1.82, 2.24) is 10.6 Å². The average Bonchev–Trinajstić information content (AvgIpc) is 2.58. The van der Waals surface area contributed by atoms with E-state index in [1.165, 1.54) is 0 Å². The normalized spacial score (nSPS) is 10.2. The molecule has 0 unspecified atom stereocenters. The van der Waals surface area contributed by atoms with Gasteiger partial charge in [-0.25, -0.2) is 0 Å². The molecule has 116 valence electrons. The first-order valence-corrected chi connectivity index (χ1v) is 7.55. The van der Waals surface area contributed by atoms with E-state index in [9.17, 15) is 4.79 Å². The molecule has 2 rings (SSSR count). The third-order valence-electron chi connectivity index (χ3n) is 3.18. The Balaban J connectivity index is 1.87. The summed E-state index contributed by atoms with van der Waals surface area (Å²) in [6.07, 6.45) is 0. The Morgan fingerprint density at radius 2 is 1.86 bits per heavy atom. The number of ether oxygens (including phenoxy) is 1. The monoisotopic (exact) mass is 298 g/mol. The van der Waals surface area contributed by atoms with Gasteiger partial charge in [-0.1, -0.05) is 43.3 Å². The Kier molecular flexibility index (Phi) is 6.45. The first-order chi connectivity index (χ1) is 10.8. The zero-order valence-corrected chi connectivity index (χ0v) is 12.8. The van der Waals surface area contributed by atoms with E-state index in [1.54, 1.807) is 12.1 Å². The highest BCUT2D eigenvalue weighted by molar-refractivity contribution is 5.94. The van der Waals surface area contributed by atoms with Gasteiger partial charge in [0.1, 0.15) is 12.4 Å². The van der Waals surface area contributed by atoms with Gasteiger partial charge in [0, 0.05) is 18.7 Å². The average molecular weight is 298 g/mol. The number of hydrogen-bond acceptors (Lipinski definition) is 3. The van der Waals surface area contributed by atoms with Crippen LogP contribution in [0.15, 0.2) is 54.6 Å². The molecule has 0 aromatic heterocycles. The maximum Gasteiger partial charge on any atom is 0.251 e. The van der Waals surface area contributed by atoms with E-state index >= 15 is 0 Å². The minimum Gasteiger partial charge on any atom is -0.489 e. The van der Waals surface area contributed by atoms with Crippen molar-refractivity contribution in [3.05, 3.63) is 65.7 Å². The highest BCUT2D eigenvalue weighted by Crippen LogP contribution is 2.15. The number of carbonyl (C=O) groups excluding carboxylic acids is 1. The molecule has 0 saturated heterocycles. The van der Waals surface area contributed by atoms with Crippen molar-refractivity contribution in [2.24, 2.45) is 0 Å². The van der Waals surface area contributed by atoms with Gasteiger partial charge in [0.25, 0.3) is 5.91 Å². The molecule has 1 amide bonds. The molecule has 0 bridgehead atoms. The highest BCUT2D eigenvalue weighted by atomic mass is 16.5. The zero-order valence-electron chi connectivity index (χ0n) is 12.8. The van der Waals surface area contributed by atoms with Crippen LogP contribution in [-0.4, -0.2) is 25.5 Å². The largest absolute Gasteiger partial charge is 0.489 e. The molecule has 0 aliphatic heterocycles. The number of likely N-dealkylation sites (N-methyl/N-ethyl adjacent to an activating group) is 1. The topological polar surface area (TPSA) is 50.4 Å². The van der Waals surface area contributed by atoms with Crippen LogP contribution in [0.4, 0.5) is 0 Å². The maximum absolute atomic E-state index is 12.0. The van der Waals surface area contributed by atoms with Gasteiger partial charge < -0.3 is 15.4 Å². The lowest BCUT2D eigenvalue weighted by Gasteiger charge is -2.09. The molecule has 2 aromatic carbocycles. The Morgan fingerprint density at radius 1 is 1.05 bits per heavy atom. The summed E-state index contributed by atoms with van der Waals surface area (Å²) in [6.45, 7) is 4.81. The van der Waals surface area contributed by atoms with Gasteiger partial charge in [0.2, 0.25) is 0 Å². The van der Waals surface area contributed by atoms with Crippen molar-refractivity contribution in [1.29, 1.82) is 0 Å². The van der Waals surface area contributed by atoms with Gasteiger partial charge in [0.15, 0.2) is 0 Å². The van der Waals surface area contributed by atoms with Crippen molar-refractivity contribution in [3.63, 3.8) is 0 Å². The van der Waals surface area contributed by atoms with E-state index in [1.807, 2.05) is 49.4 Å². The standard InChI is InChI=1S/C18H22N2O2/c1-2-19-11-12-20-18(21)16-9-6-10-17(13-16)22-14-15-7-4-3-5-8-15/h3-10,13,19H,2,11-12,14H2,1H3,(H,20,21). The quantitative estimate of drug-likeness (QED) is 0.737. The van der Waals surface area contributed by atoms with Gasteiger partial charge in [-0.05, 0) is 30.3 Å². The first-order valence-electron chi connectivity index (χ1n) is 7.55. The molecular formula is C18H22N2O2. The Hall–Kier alpha value is -2.33. The molecule has 0 spiro atoms. The molecule has 0 aliphatic carbocycles. The molecule has 22 heavy (non-hydrogen) atoms. The fraction of sp³-hybridized carbons (Fsp3) is 0.278. The van der Waals surface area contributed by atoms with Crippen molar-refractivity contribution in [2.75, 3.05) is 19.6 Å². The number of hydrogen-bond donors (Lipinski definition) is 2. The molecule has 2 aromatic rings. The lowest BCUT2D eigenvalue weighted by atomic mass is 10.2. The van der Waals surface area contributed by atoms with Crippen LogP contribution in [0.5, 0.6) is 5.75 Å². The van der Waals surface area contributed by atoms with Gasteiger partial charge >= 0.3 is 0 Å². The van der Waals surface area contributed by atoms with Crippen LogP contribution in [0, 0.1) is 0 Å². The van der Waals surface area contributed by atoms with E-state index in [4.69, 9.17) is 4.74 Å². The van der Waals surface area contributed by atoms with Crippen LogP contribution < -0.4 is 15.4 Å². The fourth-order valence-corrected chi connectivity index (χ4v) is 2.01. The minimum atomic E-state index is -0.0805. The van der Waals surface area contributed by atoms with E-state index in [0.29, 0.717) is 24.5 Å². The molecule has 0 saturated carbocycles. The molecule has 2 N–H and O–H groups in total. The molecule has 0 fully saturated rings. The second-order valence-corrected chi connectivity index (χ2v) is 4.91. The summed E-state index contributed by atoms with van der Waals surface area (Å²) < 4.78 is 5.73. The van der Waals surface area contributed by atoms with Gasteiger partial charge in [-0.3, -0.25) is 4.79 Å². The number of benzene rings is 2. The molecule has 4 heteroatoms. The lowest BCUT2D eigenvalue weighted by Crippen LogP contribution is -2.31. The fourth-order valence-electron chi connectivity index (χ4n) is 2.01.